The summed E-state index contributed by atoms with van der Waals surface area (Å²) >= 11 is 2.72. The van der Waals surface area contributed by atoms with Crippen LogP contribution in [0.4, 0.5) is 0 Å². The van der Waals surface area contributed by atoms with Crippen molar-refractivity contribution in [2.75, 3.05) is 0 Å². The smallest absolute Gasteiger partial charge is 0.353 e. The van der Waals surface area contributed by atoms with E-state index in [0.717, 1.165) is 4.34 Å². The number of β-lactam (4-membered cyclic amide) rings is 1. The second-order valence-corrected chi connectivity index (χ2v) is 7.36. The highest BCUT2D eigenvalue weighted by Gasteiger charge is 2.60. The molecule has 1 unspecified atom stereocenters. The van der Waals surface area contributed by atoms with E-state index in [0.29, 0.717) is 4.91 Å². The van der Waals surface area contributed by atoms with Crippen LogP contribution in [0.25, 0.3) is 0 Å². The first-order chi connectivity index (χ1) is 9.93. The number of nitrogens with zero attached hydrogens (tertiary/aromatic N) is 2. The van der Waals surface area contributed by atoms with Crippen LogP contribution in [0.15, 0.2) is 26.5 Å². The Bertz CT molecular complexity index is 626. The minimum absolute atomic E-state index is 0.0367. The van der Waals surface area contributed by atoms with Crippen molar-refractivity contribution in [3.8, 4) is 0 Å². The first kappa shape index (κ1) is 14.6. The van der Waals surface area contributed by atoms with Gasteiger partial charge in [-0.1, -0.05) is 18.7 Å². The second-order valence-electron chi connectivity index (χ2n) is 5.17. The number of carboxylic acid groups (broad SMARTS) is 1. The van der Waals surface area contributed by atoms with Gasteiger partial charge in [-0.2, -0.15) is 0 Å². The van der Waals surface area contributed by atoms with Crippen molar-refractivity contribution in [3.05, 3.63) is 22.2 Å². The molecule has 1 saturated heterocycles. The van der Waals surface area contributed by atoms with E-state index >= 15 is 0 Å². The maximum Gasteiger partial charge on any atom is 0.353 e. The van der Waals surface area contributed by atoms with Crippen LogP contribution < -0.4 is 0 Å². The molecular weight excluding hydrogens is 312 g/mol. The van der Waals surface area contributed by atoms with E-state index in [1.54, 1.807) is 13.1 Å². The van der Waals surface area contributed by atoms with Crippen LogP contribution in [0, 0.1) is 11.8 Å². The number of hydrogen-bond acceptors (Lipinski definition) is 6. The Morgan fingerprint density at radius 2 is 2.29 bits per heavy atom. The van der Waals surface area contributed by atoms with Crippen molar-refractivity contribution >= 4 is 35.0 Å². The zero-order valence-electron chi connectivity index (χ0n) is 11.4. The third-order valence-corrected chi connectivity index (χ3v) is 6.09. The van der Waals surface area contributed by atoms with Crippen LogP contribution in [-0.2, 0) is 9.59 Å². The molecular formula is C13H14N2O4S2. The molecule has 3 heterocycles. The van der Waals surface area contributed by atoms with Gasteiger partial charge in [0.25, 0.3) is 0 Å². The number of carboxylic acids is 1. The van der Waals surface area contributed by atoms with Gasteiger partial charge in [0.05, 0.1) is 18.1 Å². The van der Waals surface area contributed by atoms with Gasteiger partial charge in [0.2, 0.25) is 5.91 Å². The van der Waals surface area contributed by atoms with Crippen molar-refractivity contribution < 1.29 is 19.8 Å². The number of rotatable bonds is 4. The van der Waals surface area contributed by atoms with Crippen LogP contribution in [0.5, 0.6) is 0 Å². The van der Waals surface area contributed by atoms with Crippen molar-refractivity contribution in [2.24, 2.45) is 11.8 Å². The van der Waals surface area contributed by atoms with Crippen LogP contribution in [0.3, 0.4) is 0 Å². The molecule has 21 heavy (non-hydrogen) atoms. The molecule has 1 amide bonds. The molecule has 1 aromatic rings. The van der Waals surface area contributed by atoms with Gasteiger partial charge >= 0.3 is 5.97 Å². The number of thiazole rings is 1. The predicted molar refractivity (Wildman–Crippen MR) is 77.6 cm³/mol. The maximum absolute atomic E-state index is 12.1. The first-order valence-electron chi connectivity index (χ1n) is 6.49. The molecule has 3 rings (SSSR count). The molecule has 4 atom stereocenters. The summed E-state index contributed by atoms with van der Waals surface area (Å²) in [5.74, 6) is -2.07. The van der Waals surface area contributed by atoms with Crippen molar-refractivity contribution in [1.29, 1.82) is 0 Å². The lowest BCUT2D eigenvalue weighted by Gasteiger charge is -2.46. The molecule has 1 aromatic heterocycles. The largest absolute Gasteiger partial charge is 0.477 e. The molecule has 0 saturated carbocycles. The van der Waals surface area contributed by atoms with Crippen LogP contribution >= 0.6 is 23.1 Å². The topological polar surface area (TPSA) is 90.7 Å². The average Bonchev–Trinajstić information content (AvgIpc) is 2.97. The number of aliphatic carboxylic acids is 1. The molecule has 112 valence electrons. The van der Waals surface area contributed by atoms with Crippen LogP contribution in [0.2, 0.25) is 0 Å². The zero-order valence-corrected chi connectivity index (χ0v) is 13.0. The number of thioether (sulfide) groups is 1. The van der Waals surface area contributed by atoms with Crippen LogP contribution in [0.1, 0.15) is 13.8 Å². The lowest BCUT2D eigenvalue weighted by atomic mass is 9.79. The molecule has 0 radical (unpaired) electrons. The SMILES string of the molecule is C[C@H]1C(Sc2nccs2)=C(C(=O)O)N2C(=O)[C@H]([C@@H](C)O)C12. The minimum Gasteiger partial charge on any atom is -0.477 e. The average molecular weight is 326 g/mol. The first-order valence-corrected chi connectivity index (χ1v) is 8.19. The summed E-state index contributed by atoms with van der Waals surface area (Å²) in [7, 11) is 0. The third-order valence-electron chi connectivity index (χ3n) is 3.92. The van der Waals surface area contributed by atoms with Gasteiger partial charge < -0.3 is 15.1 Å². The number of aliphatic hydroxyl groups is 1. The summed E-state index contributed by atoms with van der Waals surface area (Å²) in [4.78, 5) is 29.8. The fourth-order valence-corrected chi connectivity index (χ4v) is 4.91. The summed E-state index contributed by atoms with van der Waals surface area (Å²) in [6.07, 6.45) is 0.882. The number of hydrogen-bond donors (Lipinski definition) is 2. The predicted octanol–water partition coefficient (Wildman–Crippen LogP) is 1.39. The van der Waals surface area contributed by atoms with Gasteiger partial charge in [-0.3, -0.25) is 4.79 Å². The normalized spacial score (nSPS) is 29.4. The van der Waals surface area contributed by atoms with Gasteiger partial charge in [-0.15, -0.1) is 11.3 Å². The molecule has 2 aliphatic heterocycles. The van der Waals surface area contributed by atoms with E-state index in [1.165, 1.54) is 28.0 Å². The number of amides is 1. The number of aliphatic hydroxyl groups excluding tert-OH is 1. The molecule has 0 bridgehead atoms. The van der Waals surface area contributed by atoms with Gasteiger partial charge in [0.15, 0.2) is 4.34 Å². The van der Waals surface area contributed by atoms with Gasteiger partial charge in [-0.05, 0) is 6.92 Å². The monoisotopic (exact) mass is 326 g/mol. The molecule has 0 spiro atoms. The molecule has 2 aliphatic rings. The van der Waals surface area contributed by atoms with Crippen molar-refractivity contribution in [1.82, 2.24) is 9.88 Å². The molecule has 1 fully saturated rings. The van der Waals surface area contributed by atoms with Gasteiger partial charge in [0.1, 0.15) is 5.70 Å². The zero-order chi connectivity index (χ0) is 15.3. The lowest BCUT2D eigenvalue weighted by Crippen LogP contribution is -2.63. The fourth-order valence-electron chi connectivity index (χ4n) is 3.01. The summed E-state index contributed by atoms with van der Waals surface area (Å²) in [6.45, 7) is 3.46. The Hall–Kier alpha value is -1.38. The van der Waals surface area contributed by atoms with E-state index in [2.05, 4.69) is 4.98 Å². The van der Waals surface area contributed by atoms with E-state index in [9.17, 15) is 19.8 Å². The Balaban J connectivity index is 1.97. The summed E-state index contributed by atoms with van der Waals surface area (Å²) in [6, 6.07) is -0.272. The molecule has 0 aromatic carbocycles. The number of carbonyl (C=O) groups is 2. The van der Waals surface area contributed by atoms with E-state index in [-0.39, 0.29) is 23.6 Å². The lowest BCUT2D eigenvalue weighted by molar-refractivity contribution is -0.163. The Morgan fingerprint density at radius 1 is 1.57 bits per heavy atom. The van der Waals surface area contributed by atoms with Gasteiger partial charge in [-0.25, -0.2) is 9.78 Å². The van der Waals surface area contributed by atoms with Crippen LogP contribution in [-0.4, -0.2) is 44.1 Å². The quantitative estimate of drug-likeness (QED) is 0.813. The highest BCUT2D eigenvalue weighted by molar-refractivity contribution is 8.04. The highest BCUT2D eigenvalue weighted by atomic mass is 32.2. The summed E-state index contributed by atoms with van der Waals surface area (Å²) in [5, 5.41) is 21.0. The summed E-state index contributed by atoms with van der Waals surface area (Å²) < 4.78 is 0.749. The van der Waals surface area contributed by atoms with Crippen molar-refractivity contribution in [3.63, 3.8) is 0 Å². The Labute approximate surface area is 129 Å². The fraction of sp³-hybridized carbons (Fsp3) is 0.462. The number of fused-ring (bicyclic) bond motifs is 1. The van der Waals surface area contributed by atoms with Crippen molar-refractivity contribution in [2.45, 2.75) is 30.3 Å². The summed E-state index contributed by atoms with van der Waals surface area (Å²) in [5.41, 5.74) is 0.0367. The molecule has 2 N–H and O–H groups in total. The number of aromatic nitrogens is 1. The standard InChI is InChI=1S/C13H14N2O4S2/c1-5-8-7(6(2)16)11(17)15(8)9(12(18)19)10(5)21-13-14-3-4-20-13/h3-8,16H,1-2H3,(H,18,19)/t5-,6-,7-,8?/m1/s1. The molecule has 8 heteroatoms. The Kier molecular flexibility index (Phi) is 3.54. The highest BCUT2D eigenvalue weighted by Crippen LogP contribution is 2.52. The number of carbonyl (C=O) groups excluding carboxylic acids is 1. The maximum atomic E-state index is 12.1. The van der Waals surface area contributed by atoms with E-state index in [1.807, 2.05) is 12.3 Å². The minimum atomic E-state index is -1.11. The van der Waals surface area contributed by atoms with E-state index < -0.39 is 18.0 Å². The van der Waals surface area contributed by atoms with E-state index in [4.69, 9.17) is 0 Å². The Morgan fingerprint density at radius 3 is 2.81 bits per heavy atom. The second kappa shape index (κ2) is 5.11. The third kappa shape index (κ3) is 2.09. The molecule has 6 nitrogen and oxygen atoms in total. The molecule has 0 aliphatic carbocycles. The van der Waals surface area contributed by atoms with Gasteiger partial charge in [0, 0.05) is 22.4 Å².